The highest BCUT2D eigenvalue weighted by molar-refractivity contribution is 5.63. The topological polar surface area (TPSA) is 126 Å². The zero-order valence-corrected chi connectivity index (χ0v) is 10.9. The van der Waals surface area contributed by atoms with Gasteiger partial charge in [-0.2, -0.15) is 5.10 Å². The van der Waals surface area contributed by atoms with E-state index < -0.39 is 30.5 Å². The number of anilines is 1. The van der Waals surface area contributed by atoms with Crippen LogP contribution < -0.4 is 5.73 Å². The van der Waals surface area contributed by atoms with E-state index in [0.717, 1.165) is 0 Å². The first-order chi connectivity index (χ1) is 10.0. The molecule has 0 amide bonds. The normalized spacial score (nSPS) is 32.4. The lowest BCUT2D eigenvalue weighted by atomic mass is 9.90. The third-order valence-electron chi connectivity index (χ3n) is 3.65. The van der Waals surface area contributed by atoms with Gasteiger partial charge in [0, 0.05) is 0 Å². The van der Waals surface area contributed by atoms with Crippen molar-refractivity contribution in [3.63, 3.8) is 0 Å². The van der Waals surface area contributed by atoms with Crippen LogP contribution in [0.25, 0.3) is 5.65 Å². The number of hydrogen-bond acceptors (Lipinski definition) is 7. The lowest BCUT2D eigenvalue weighted by molar-refractivity contribution is -0.0364. The molecule has 0 aromatic carbocycles. The molecule has 0 bridgehead atoms. The number of rotatable bonds is 2. The minimum Gasteiger partial charge on any atom is -0.396 e. The standard InChI is InChI=1S/C13H14N4O4/c1-2-13(20)10(19)9(6-18)21-11(13)8-5-15-12-7(14)3-4-16-17(8)12/h1,3-5,9-11,18-20H,6,14H2/t9-,10-,11+,13-/m1/s1. The first kappa shape index (κ1) is 13.8. The van der Waals surface area contributed by atoms with Gasteiger partial charge in [0.15, 0.2) is 11.2 Å². The Labute approximate surface area is 119 Å². The van der Waals surface area contributed by atoms with E-state index in [9.17, 15) is 15.3 Å². The summed E-state index contributed by atoms with van der Waals surface area (Å²) in [6, 6.07) is 1.58. The van der Waals surface area contributed by atoms with Crippen molar-refractivity contribution < 1.29 is 20.1 Å². The second kappa shape index (κ2) is 4.68. The van der Waals surface area contributed by atoms with Gasteiger partial charge >= 0.3 is 0 Å². The highest BCUT2D eigenvalue weighted by Gasteiger charge is 2.56. The molecular formula is C13H14N4O4. The molecule has 21 heavy (non-hydrogen) atoms. The molecular weight excluding hydrogens is 276 g/mol. The third kappa shape index (κ3) is 1.80. The Balaban J connectivity index is 2.14. The van der Waals surface area contributed by atoms with Crippen LogP contribution in [0.4, 0.5) is 5.69 Å². The van der Waals surface area contributed by atoms with Crippen LogP contribution in [0, 0.1) is 12.3 Å². The predicted molar refractivity (Wildman–Crippen MR) is 71.9 cm³/mol. The van der Waals surface area contributed by atoms with Crippen molar-refractivity contribution >= 4 is 11.3 Å². The number of aliphatic hydroxyl groups excluding tert-OH is 2. The number of fused-ring (bicyclic) bond motifs is 1. The molecule has 3 rings (SSSR count). The summed E-state index contributed by atoms with van der Waals surface area (Å²) in [7, 11) is 0. The van der Waals surface area contributed by atoms with Gasteiger partial charge < -0.3 is 25.8 Å². The van der Waals surface area contributed by atoms with Crippen molar-refractivity contribution in [3.8, 4) is 12.3 Å². The lowest BCUT2D eigenvalue weighted by Crippen LogP contribution is -2.44. The second-order valence-corrected chi connectivity index (χ2v) is 4.86. The van der Waals surface area contributed by atoms with Crippen molar-refractivity contribution in [2.75, 3.05) is 12.3 Å². The number of nitrogens with two attached hydrogens (primary N) is 1. The molecule has 8 heteroatoms. The second-order valence-electron chi connectivity index (χ2n) is 4.86. The fraction of sp³-hybridized carbons (Fsp3) is 0.385. The van der Waals surface area contributed by atoms with Crippen LogP contribution in [0.5, 0.6) is 0 Å². The average molecular weight is 290 g/mol. The van der Waals surface area contributed by atoms with E-state index in [1.807, 2.05) is 0 Å². The van der Waals surface area contributed by atoms with Gasteiger partial charge in [0.05, 0.1) is 30.4 Å². The van der Waals surface area contributed by atoms with Crippen LogP contribution in [-0.4, -0.2) is 54.3 Å². The predicted octanol–water partition coefficient (Wildman–Crippen LogP) is -1.53. The van der Waals surface area contributed by atoms with Crippen LogP contribution in [-0.2, 0) is 4.74 Å². The fourth-order valence-corrected chi connectivity index (χ4v) is 2.50. The molecule has 3 heterocycles. The van der Waals surface area contributed by atoms with Crippen LogP contribution >= 0.6 is 0 Å². The molecule has 4 atom stereocenters. The van der Waals surface area contributed by atoms with Crippen LogP contribution in [0.2, 0.25) is 0 Å². The number of imidazole rings is 1. The molecule has 5 N–H and O–H groups in total. The number of ether oxygens (including phenoxy) is 1. The van der Waals surface area contributed by atoms with E-state index >= 15 is 0 Å². The Morgan fingerprint density at radius 2 is 2.33 bits per heavy atom. The summed E-state index contributed by atoms with van der Waals surface area (Å²) in [5.41, 5.74) is 4.93. The number of aliphatic hydroxyl groups is 3. The average Bonchev–Trinajstić information content (AvgIpc) is 3.01. The summed E-state index contributed by atoms with van der Waals surface area (Å²) in [6.07, 6.45) is 4.73. The first-order valence-corrected chi connectivity index (χ1v) is 6.25. The highest BCUT2D eigenvalue weighted by atomic mass is 16.6. The molecule has 2 aromatic rings. The van der Waals surface area contributed by atoms with Crippen molar-refractivity contribution in [2.24, 2.45) is 0 Å². The summed E-state index contributed by atoms with van der Waals surface area (Å²) in [5.74, 6) is 2.14. The van der Waals surface area contributed by atoms with Crippen molar-refractivity contribution in [1.82, 2.24) is 14.6 Å². The molecule has 1 saturated heterocycles. The van der Waals surface area contributed by atoms with Crippen molar-refractivity contribution in [1.29, 1.82) is 0 Å². The maximum Gasteiger partial charge on any atom is 0.185 e. The smallest absolute Gasteiger partial charge is 0.185 e. The summed E-state index contributed by atoms with van der Waals surface area (Å²) in [5, 5.41) is 33.9. The van der Waals surface area contributed by atoms with Crippen LogP contribution in [0.1, 0.15) is 11.8 Å². The summed E-state index contributed by atoms with van der Waals surface area (Å²) in [6.45, 7) is -0.478. The highest BCUT2D eigenvalue weighted by Crippen LogP contribution is 2.41. The van der Waals surface area contributed by atoms with Gasteiger partial charge in [-0.05, 0) is 6.07 Å². The van der Waals surface area contributed by atoms with Gasteiger partial charge in [-0.15, -0.1) is 6.42 Å². The minimum absolute atomic E-state index is 0.341. The largest absolute Gasteiger partial charge is 0.396 e. The minimum atomic E-state index is -1.99. The summed E-state index contributed by atoms with van der Waals surface area (Å²) in [4.78, 5) is 4.11. The number of nitrogen functional groups attached to an aromatic ring is 1. The zero-order valence-electron chi connectivity index (χ0n) is 10.9. The van der Waals surface area contributed by atoms with Crippen molar-refractivity contribution in [2.45, 2.75) is 23.9 Å². The Bertz CT molecular complexity index is 725. The third-order valence-corrected chi connectivity index (χ3v) is 3.65. The SMILES string of the molecule is C#C[C@@]1(O)[C@H](O)[C@@H](CO)O[C@H]1c1cnc2c(N)ccnn12. The molecule has 0 spiro atoms. The maximum atomic E-state index is 10.5. The molecule has 110 valence electrons. The van der Waals surface area contributed by atoms with Gasteiger partial charge in [0.1, 0.15) is 18.3 Å². The molecule has 1 aliphatic heterocycles. The van der Waals surface area contributed by atoms with Gasteiger partial charge in [-0.25, -0.2) is 9.50 Å². The molecule has 0 aliphatic carbocycles. The van der Waals surface area contributed by atoms with Gasteiger partial charge in [-0.3, -0.25) is 0 Å². The van der Waals surface area contributed by atoms with Crippen molar-refractivity contribution in [3.05, 3.63) is 24.2 Å². The fourth-order valence-electron chi connectivity index (χ4n) is 2.50. The summed E-state index contributed by atoms with van der Waals surface area (Å²) >= 11 is 0. The molecule has 2 aromatic heterocycles. The monoisotopic (exact) mass is 290 g/mol. The van der Waals surface area contributed by atoms with E-state index in [4.69, 9.17) is 16.9 Å². The molecule has 0 unspecified atom stereocenters. The Morgan fingerprint density at radius 3 is 3.00 bits per heavy atom. The molecule has 0 radical (unpaired) electrons. The zero-order chi connectivity index (χ0) is 15.2. The van der Waals surface area contributed by atoms with Gasteiger partial charge in [-0.1, -0.05) is 5.92 Å². The first-order valence-electron chi connectivity index (χ1n) is 6.25. The van der Waals surface area contributed by atoms with E-state index in [2.05, 4.69) is 16.0 Å². The lowest BCUT2D eigenvalue weighted by Gasteiger charge is -2.24. The van der Waals surface area contributed by atoms with E-state index in [-0.39, 0.29) is 0 Å². The van der Waals surface area contributed by atoms with Gasteiger partial charge in [0.25, 0.3) is 0 Å². The number of aromatic nitrogens is 3. The van der Waals surface area contributed by atoms with E-state index in [0.29, 0.717) is 17.0 Å². The maximum absolute atomic E-state index is 10.5. The number of hydrogen-bond donors (Lipinski definition) is 4. The quantitative estimate of drug-likeness (QED) is 0.494. The van der Waals surface area contributed by atoms with Crippen LogP contribution in [0.15, 0.2) is 18.5 Å². The number of nitrogens with zero attached hydrogens (tertiary/aromatic N) is 3. The molecule has 1 aliphatic rings. The van der Waals surface area contributed by atoms with Gasteiger partial charge in [0.2, 0.25) is 0 Å². The molecule has 0 saturated carbocycles. The van der Waals surface area contributed by atoms with E-state index in [1.54, 1.807) is 6.07 Å². The Kier molecular flexibility index (Phi) is 3.07. The Morgan fingerprint density at radius 1 is 1.57 bits per heavy atom. The Hall–Kier alpha value is -2.18. The van der Waals surface area contributed by atoms with Crippen LogP contribution in [0.3, 0.4) is 0 Å². The summed E-state index contributed by atoms with van der Waals surface area (Å²) < 4.78 is 6.87. The number of terminal acetylenes is 1. The molecule has 8 nitrogen and oxygen atoms in total. The molecule has 1 fully saturated rings. The van der Waals surface area contributed by atoms with E-state index in [1.165, 1.54) is 16.9 Å².